The zero-order chi connectivity index (χ0) is 19.8. The summed E-state index contributed by atoms with van der Waals surface area (Å²) in [7, 11) is 2.05. The summed E-state index contributed by atoms with van der Waals surface area (Å²) in [4.78, 5) is 25.3. The number of halogens is 2. The Hall–Kier alpha value is -2.98. The number of carbonyl (C=O) groups is 1. The molecule has 9 nitrogen and oxygen atoms in total. The number of carbonyl (C=O) groups excluding carboxylic acids is 1. The van der Waals surface area contributed by atoms with Gasteiger partial charge in [-0.05, 0) is 7.05 Å². The molecule has 11 heteroatoms. The fourth-order valence-electron chi connectivity index (χ4n) is 3.20. The largest absolute Gasteiger partial charge is 0.381 e. The maximum absolute atomic E-state index is 13.4. The molecule has 4 rings (SSSR count). The number of anilines is 3. The number of aromatic nitrogens is 4. The Bertz CT molecular complexity index is 1050. The minimum absolute atomic E-state index is 0.0493. The minimum atomic E-state index is -0.585. The predicted octanol–water partition coefficient (Wildman–Crippen LogP) is 1.50. The summed E-state index contributed by atoms with van der Waals surface area (Å²) in [6.07, 6.45) is 5.18. The molecule has 1 fully saturated rings. The molecule has 3 aromatic heterocycles. The van der Waals surface area contributed by atoms with Gasteiger partial charge in [0.05, 0.1) is 35.0 Å². The summed E-state index contributed by atoms with van der Waals surface area (Å²) in [5, 5.41) is 7.19. The first-order valence-corrected chi connectivity index (χ1v) is 8.99. The van der Waals surface area contributed by atoms with E-state index in [9.17, 15) is 9.18 Å². The van der Waals surface area contributed by atoms with Crippen molar-refractivity contribution in [1.82, 2.24) is 24.5 Å². The van der Waals surface area contributed by atoms with Crippen LogP contribution in [0.3, 0.4) is 0 Å². The molecule has 0 saturated carbocycles. The normalized spacial score (nSPS) is 15.2. The fraction of sp³-hybridized carbons (Fsp3) is 0.294. The van der Waals surface area contributed by atoms with Crippen molar-refractivity contribution in [1.29, 1.82) is 0 Å². The van der Waals surface area contributed by atoms with Crippen LogP contribution in [0.2, 0.25) is 5.02 Å². The Labute approximate surface area is 164 Å². The predicted molar refractivity (Wildman–Crippen MR) is 104 cm³/mol. The van der Waals surface area contributed by atoms with E-state index in [2.05, 4.69) is 37.2 Å². The van der Waals surface area contributed by atoms with Gasteiger partial charge < -0.3 is 20.9 Å². The van der Waals surface area contributed by atoms with Crippen LogP contribution in [0.15, 0.2) is 24.8 Å². The number of nitrogens with zero attached hydrogens (tertiary/aromatic N) is 6. The maximum Gasteiger partial charge on any atom is 0.263 e. The van der Waals surface area contributed by atoms with Crippen LogP contribution in [0.5, 0.6) is 0 Å². The van der Waals surface area contributed by atoms with Crippen LogP contribution in [0.25, 0.3) is 5.65 Å². The zero-order valence-corrected chi connectivity index (χ0v) is 15.8. The molecule has 3 N–H and O–H groups in total. The lowest BCUT2D eigenvalue weighted by Gasteiger charge is -2.35. The van der Waals surface area contributed by atoms with Gasteiger partial charge in [-0.25, -0.2) is 13.9 Å². The molecule has 0 radical (unpaired) electrons. The van der Waals surface area contributed by atoms with Gasteiger partial charge in [0.1, 0.15) is 5.56 Å². The molecule has 0 aliphatic carbocycles. The van der Waals surface area contributed by atoms with Crippen molar-refractivity contribution in [3.8, 4) is 0 Å². The van der Waals surface area contributed by atoms with Gasteiger partial charge in [-0.1, -0.05) is 11.6 Å². The highest BCUT2D eigenvalue weighted by Crippen LogP contribution is 2.34. The van der Waals surface area contributed by atoms with E-state index in [1.165, 1.54) is 6.20 Å². The van der Waals surface area contributed by atoms with Crippen molar-refractivity contribution in [2.45, 2.75) is 0 Å². The van der Waals surface area contributed by atoms with Crippen LogP contribution in [-0.4, -0.2) is 63.6 Å². The van der Waals surface area contributed by atoms with E-state index in [-0.39, 0.29) is 17.0 Å². The molecular weight excluding hydrogens is 387 g/mol. The second kappa shape index (κ2) is 7.21. The quantitative estimate of drug-likeness (QED) is 0.681. The Kier molecular flexibility index (Phi) is 4.73. The Morgan fingerprint density at radius 2 is 2.00 bits per heavy atom. The van der Waals surface area contributed by atoms with Crippen molar-refractivity contribution >= 4 is 40.3 Å². The van der Waals surface area contributed by atoms with Crippen molar-refractivity contribution < 1.29 is 9.18 Å². The fourth-order valence-corrected chi connectivity index (χ4v) is 3.48. The summed E-state index contributed by atoms with van der Waals surface area (Å²) in [5.74, 6) is -1.16. The topological polar surface area (TPSA) is 105 Å². The van der Waals surface area contributed by atoms with Crippen molar-refractivity contribution in [3.63, 3.8) is 0 Å². The first kappa shape index (κ1) is 18.4. The van der Waals surface area contributed by atoms with Gasteiger partial charge in [0.15, 0.2) is 17.3 Å². The number of fused-ring (bicyclic) bond motifs is 1. The number of rotatable bonds is 3. The van der Waals surface area contributed by atoms with E-state index in [0.717, 1.165) is 43.1 Å². The molecule has 0 aromatic carbocycles. The monoisotopic (exact) mass is 404 g/mol. The van der Waals surface area contributed by atoms with Gasteiger partial charge in [0, 0.05) is 32.4 Å². The molecule has 1 aliphatic heterocycles. The molecule has 146 valence electrons. The third-order valence-electron chi connectivity index (χ3n) is 4.64. The molecule has 1 saturated heterocycles. The number of pyridine rings is 1. The highest BCUT2D eigenvalue weighted by molar-refractivity contribution is 6.34. The molecule has 1 amide bonds. The van der Waals surface area contributed by atoms with Crippen LogP contribution in [-0.2, 0) is 0 Å². The van der Waals surface area contributed by atoms with E-state index < -0.39 is 11.7 Å². The molecule has 0 unspecified atom stereocenters. The average Bonchev–Trinajstić information content (AvgIpc) is 2.98. The van der Waals surface area contributed by atoms with E-state index >= 15 is 0 Å². The van der Waals surface area contributed by atoms with Gasteiger partial charge in [-0.15, -0.1) is 5.10 Å². The number of nitrogen functional groups attached to an aromatic ring is 1. The Morgan fingerprint density at radius 1 is 1.25 bits per heavy atom. The first-order valence-electron chi connectivity index (χ1n) is 8.61. The lowest BCUT2D eigenvalue weighted by Crippen LogP contribution is -2.44. The van der Waals surface area contributed by atoms with Crippen LogP contribution < -0.4 is 16.0 Å². The van der Waals surface area contributed by atoms with E-state index in [0.29, 0.717) is 16.4 Å². The number of nitrogens with two attached hydrogens (primary N) is 1. The third-order valence-corrected chi connectivity index (χ3v) is 4.91. The second-order valence-corrected chi connectivity index (χ2v) is 6.97. The summed E-state index contributed by atoms with van der Waals surface area (Å²) in [6, 6.07) is 0. The smallest absolute Gasteiger partial charge is 0.263 e. The lowest BCUT2D eigenvalue weighted by molar-refractivity contribution is 0.102. The minimum Gasteiger partial charge on any atom is -0.381 e. The highest BCUT2D eigenvalue weighted by atomic mass is 35.5. The lowest BCUT2D eigenvalue weighted by atomic mass is 10.2. The van der Waals surface area contributed by atoms with Crippen molar-refractivity contribution in [2.24, 2.45) is 0 Å². The molecule has 1 aliphatic rings. The maximum atomic E-state index is 13.4. The molecule has 0 spiro atoms. The van der Waals surface area contributed by atoms with Crippen molar-refractivity contribution in [2.75, 3.05) is 49.2 Å². The molecule has 4 heterocycles. The van der Waals surface area contributed by atoms with Gasteiger partial charge in [0.2, 0.25) is 0 Å². The SMILES string of the molecule is CN1CCN(c2c(Cl)cncc2NC(=O)c2c(N)nn3cc(F)cnc23)CC1. The van der Waals surface area contributed by atoms with Crippen LogP contribution in [0.1, 0.15) is 10.4 Å². The summed E-state index contributed by atoms with van der Waals surface area (Å²) in [5.41, 5.74) is 7.25. The number of piperazine rings is 1. The van der Waals surface area contributed by atoms with Gasteiger partial charge in [-0.2, -0.15) is 0 Å². The third kappa shape index (κ3) is 3.32. The van der Waals surface area contributed by atoms with E-state index in [1.54, 1.807) is 6.20 Å². The number of likely N-dealkylation sites (N-methyl/N-ethyl adjacent to an activating group) is 1. The van der Waals surface area contributed by atoms with Crippen LogP contribution in [0.4, 0.5) is 21.6 Å². The van der Waals surface area contributed by atoms with Gasteiger partial charge in [-0.3, -0.25) is 9.78 Å². The summed E-state index contributed by atoms with van der Waals surface area (Å²) in [6.45, 7) is 3.29. The average molecular weight is 405 g/mol. The van der Waals surface area contributed by atoms with E-state index in [1.807, 2.05) is 0 Å². The Morgan fingerprint density at radius 3 is 2.75 bits per heavy atom. The van der Waals surface area contributed by atoms with Gasteiger partial charge >= 0.3 is 0 Å². The highest BCUT2D eigenvalue weighted by Gasteiger charge is 2.24. The second-order valence-electron chi connectivity index (χ2n) is 6.56. The summed E-state index contributed by atoms with van der Waals surface area (Å²) >= 11 is 6.39. The summed E-state index contributed by atoms with van der Waals surface area (Å²) < 4.78 is 14.5. The van der Waals surface area contributed by atoms with Crippen LogP contribution >= 0.6 is 11.6 Å². The number of hydrogen-bond donors (Lipinski definition) is 2. The molecule has 0 atom stereocenters. The van der Waals surface area contributed by atoms with E-state index in [4.69, 9.17) is 17.3 Å². The molecule has 0 bridgehead atoms. The van der Waals surface area contributed by atoms with Gasteiger partial charge in [0.25, 0.3) is 5.91 Å². The zero-order valence-electron chi connectivity index (χ0n) is 15.1. The standard InChI is InChI=1S/C17H18ClFN8O/c1-25-2-4-26(5-3-25)14-11(18)7-21-8-12(14)23-17(28)13-15(20)24-27-9-10(19)6-22-16(13)27/h6-9H,2-5H2,1H3,(H2,20,24)(H,23,28). The number of nitrogens with one attached hydrogen (secondary N) is 1. The van der Waals surface area contributed by atoms with Crippen molar-refractivity contribution in [3.05, 3.63) is 41.2 Å². The van der Waals surface area contributed by atoms with Crippen LogP contribution in [0, 0.1) is 5.82 Å². The molecular formula is C17H18ClFN8O. The Balaban J connectivity index is 1.68. The first-order chi connectivity index (χ1) is 13.4. The molecule has 3 aromatic rings. The number of hydrogen-bond acceptors (Lipinski definition) is 7. The number of amides is 1. The molecule has 28 heavy (non-hydrogen) atoms.